The molecule has 0 radical (unpaired) electrons. The van der Waals surface area contributed by atoms with Gasteiger partial charge in [0.25, 0.3) is 6.43 Å². The molecule has 1 aromatic carbocycles. The van der Waals surface area contributed by atoms with Crippen LogP contribution < -0.4 is 5.32 Å². The maximum Gasteiger partial charge on any atom is 0.266 e. The molecule has 0 unspecified atom stereocenters. The summed E-state index contributed by atoms with van der Waals surface area (Å²) in [6.45, 7) is 3.40. The molecule has 1 fully saturated rings. The van der Waals surface area contributed by atoms with Gasteiger partial charge in [-0.3, -0.25) is 4.78 Å². The molecule has 6 nitrogen and oxygen atoms in total. The van der Waals surface area contributed by atoms with Crippen molar-refractivity contribution in [2.75, 3.05) is 16.8 Å². The first kappa shape index (κ1) is 22.4. The Hall–Kier alpha value is -2.75. The fraction of sp³-hybridized carbons (Fsp3) is 0.409. The first-order valence-corrected chi connectivity index (χ1v) is 12.3. The van der Waals surface area contributed by atoms with Crippen molar-refractivity contribution in [2.24, 2.45) is 0 Å². The third kappa shape index (κ3) is 4.55. The fourth-order valence-electron chi connectivity index (χ4n) is 4.07. The number of alkyl halides is 2. The molecule has 3 heterocycles. The molecule has 4 rings (SSSR count). The smallest absolute Gasteiger partial charge is 0.266 e. The summed E-state index contributed by atoms with van der Waals surface area (Å²) in [5.74, 6) is 0.845. The quantitative estimate of drug-likeness (QED) is 0.521. The second-order valence-corrected chi connectivity index (χ2v) is 10.6. The average molecular weight is 464 g/mol. The summed E-state index contributed by atoms with van der Waals surface area (Å²) in [5, 5.41) is 3.78. The first-order valence-electron chi connectivity index (χ1n) is 10.4. The molecule has 2 aromatic heterocycles. The molecular formula is C22H24F3N5OS. The second-order valence-electron chi connectivity index (χ2n) is 8.17. The highest BCUT2D eigenvalue weighted by molar-refractivity contribution is 7.92. The molecule has 0 aliphatic carbocycles. The van der Waals surface area contributed by atoms with Gasteiger partial charge in [0.15, 0.2) is 5.65 Å². The molecule has 1 aliphatic rings. The highest BCUT2D eigenvalue weighted by Crippen LogP contribution is 2.33. The number of hydrogen-bond acceptors (Lipinski definition) is 6. The van der Waals surface area contributed by atoms with E-state index in [-0.39, 0.29) is 11.5 Å². The van der Waals surface area contributed by atoms with Gasteiger partial charge in [0.05, 0.1) is 17.0 Å². The van der Waals surface area contributed by atoms with E-state index in [0.717, 1.165) is 11.6 Å². The van der Waals surface area contributed by atoms with Gasteiger partial charge in [0, 0.05) is 33.0 Å². The molecule has 3 aromatic rings. The number of rotatable bonds is 5. The lowest BCUT2D eigenvalue weighted by atomic mass is 9.94. The summed E-state index contributed by atoms with van der Waals surface area (Å²) < 4.78 is 60.6. The van der Waals surface area contributed by atoms with Crippen molar-refractivity contribution in [3.05, 3.63) is 58.8 Å². The molecule has 0 spiro atoms. The molecule has 10 heteroatoms. The monoisotopic (exact) mass is 463 g/mol. The molecule has 32 heavy (non-hydrogen) atoms. The number of nitrogens with one attached hydrogen (secondary N) is 2. The standard InChI is InChI=1S/C22H24F3N5OS/c1-12(16-4-3-5-17(19(16)23)20(24)25)28-22-18-10-15(11-27-21(18)29-13(2)30-22)14-6-8-32(26,31)9-7-14/h3-5,10-12,14,20,26H,6-9H2,1-2H3,(H,27,28,29,30)/t12-,14?,32?/m1/s1. The van der Waals surface area contributed by atoms with Crippen molar-refractivity contribution in [1.29, 1.82) is 4.78 Å². The van der Waals surface area contributed by atoms with E-state index >= 15 is 0 Å². The van der Waals surface area contributed by atoms with Crippen LogP contribution >= 0.6 is 0 Å². The summed E-state index contributed by atoms with van der Waals surface area (Å²) in [6, 6.07) is 5.26. The molecule has 170 valence electrons. The summed E-state index contributed by atoms with van der Waals surface area (Å²) in [7, 11) is -2.49. The minimum Gasteiger partial charge on any atom is -0.363 e. The minimum absolute atomic E-state index is 0.119. The topological polar surface area (TPSA) is 91.6 Å². The number of benzene rings is 1. The van der Waals surface area contributed by atoms with Crippen LogP contribution in [0.1, 0.15) is 60.7 Å². The number of aryl methyl sites for hydroxylation is 1. The number of aromatic nitrogens is 3. The van der Waals surface area contributed by atoms with E-state index < -0.39 is 33.6 Å². The van der Waals surface area contributed by atoms with Gasteiger partial charge in [-0.05, 0) is 44.2 Å². The highest BCUT2D eigenvalue weighted by Gasteiger charge is 2.24. The number of nitrogens with zero attached hydrogens (tertiary/aromatic N) is 3. The minimum atomic E-state index is -2.90. The predicted octanol–water partition coefficient (Wildman–Crippen LogP) is 5.51. The van der Waals surface area contributed by atoms with Gasteiger partial charge < -0.3 is 5.32 Å². The fourth-order valence-corrected chi connectivity index (χ4v) is 5.60. The first-order chi connectivity index (χ1) is 15.1. The Balaban J connectivity index is 1.68. The van der Waals surface area contributed by atoms with Gasteiger partial charge in [0.2, 0.25) is 0 Å². The molecule has 0 bridgehead atoms. The summed E-state index contributed by atoms with van der Waals surface area (Å²) in [4.78, 5) is 13.3. The Morgan fingerprint density at radius 3 is 2.56 bits per heavy atom. The number of halogens is 3. The van der Waals surface area contributed by atoms with E-state index in [1.54, 1.807) is 20.0 Å². The Bertz CT molecular complexity index is 1250. The molecule has 2 N–H and O–H groups in total. The zero-order valence-electron chi connectivity index (χ0n) is 17.7. The van der Waals surface area contributed by atoms with Crippen LogP contribution in [0.5, 0.6) is 0 Å². The maximum atomic E-state index is 14.6. The SMILES string of the molecule is Cc1nc(N[C@H](C)c2cccc(C(F)F)c2F)c2cc(C3CCS(=N)(=O)CC3)cnc2n1. The molecule has 1 aliphatic heterocycles. The zero-order chi connectivity index (χ0) is 23.0. The number of hydrogen-bond donors (Lipinski definition) is 2. The largest absolute Gasteiger partial charge is 0.363 e. The van der Waals surface area contributed by atoms with E-state index in [4.69, 9.17) is 4.78 Å². The van der Waals surface area contributed by atoms with Crippen LogP contribution in [0.3, 0.4) is 0 Å². The van der Waals surface area contributed by atoms with Crippen molar-refractivity contribution >= 4 is 26.6 Å². The van der Waals surface area contributed by atoms with Gasteiger partial charge in [-0.25, -0.2) is 32.3 Å². The summed E-state index contributed by atoms with van der Waals surface area (Å²) >= 11 is 0. The lowest BCUT2D eigenvalue weighted by Gasteiger charge is -2.24. The van der Waals surface area contributed by atoms with Gasteiger partial charge in [-0.2, -0.15) is 0 Å². The van der Waals surface area contributed by atoms with E-state index in [2.05, 4.69) is 20.3 Å². The van der Waals surface area contributed by atoms with Crippen molar-refractivity contribution in [3.63, 3.8) is 0 Å². The molecular weight excluding hydrogens is 439 g/mol. The summed E-state index contributed by atoms with van der Waals surface area (Å²) in [5.41, 5.74) is 0.903. The third-order valence-electron chi connectivity index (χ3n) is 5.86. The normalized spacial score (nSPS) is 22.2. The number of pyridine rings is 1. The zero-order valence-corrected chi connectivity index (χ0v) is 18.6. The van der Waals surface area contributed by atoms with Crippen molar-refractivity contribution < 1.29 is 17.4 Å². The van der Waals surface area contributed by atoms with Gasteiger partial charge in [0.1, 0.15) is 17.5 Å². The average Bonchev–Trinajstić information content (AvgIpc) is 2.73. The molecule has 0 amide bonds. The van der Waals surface area contributed by atoms with Crippen molar-refractivity contribution in [3.8, 4) is 0 Å². The maximum absolute atomic E-state index is 14.6. The van der Waals surface area contributed by atoms with E-state index in [9.17, 15) is 17.4 Å². The van der Waals surface area contributed by atoms with Crippen LogP contribution in [0.4, 0.5) is 19.0 Å². The van der Waals surface area contributed by atoms with Gasteiger partial charge in [-0.1, -0.05) is 18.2 Å². The van der Waals surface area contributed by atoms with Crippen molar-refractivity contribution in [2.45, 2.75) is 45.1 Å². The lowest BCUT2D eigenvalue weighted by molar-refractivity contribution is 0.146. The van der Waals surface area contributed by atoms with E-state index in [1.165, 1.54) is 12.1 Å². The Morgan fingerprint density at radius 2 is 1.88 bits per heavy atom. The van der Waals surface area contributed by atoms with Crippen LogP contribution in [-0.2, 0) is 9.73 Å². The Kier molecular flexibility index (Phi) is 6.07. The van der Waals surface area contributed by atoms with E-state index in [0.29, 0.717) is 47.0 Å². The highest BCUT2D eigenvalue weighted by atomic mass is 32.2. The lowest BCUT2D eigenvalue weighted by Crippen LogP contribution is -2.21. The Morgan fingerprint density at radius 1 is 1.19 bits per heavy atom. The van der Waals surface area contributed by atoms with Crippen molar-refractivity contribution in [1.82, 2.24) is 15.0 Å². The van der Waals surface area contributed by atoms with Crippen LogP contribution in [0.25, 0.3) is 11.0 Å². The molecule has 1 atom stereocenters. The molecule has 1 saturated heterocycles. The van der Waals surface area contributed by atoms with Crippen LogP contribution in [0, 0.1) is 17.5 Å². The predicted molar refractivity (Wildman–Crippen MR) is 118 cm³/mol. The number of anilines is 1. The summed E-state index contributed by atoms with van der Waals surface area (Å²) in [6.07, 6.45) is 0.139. The second kappa shape index (κ2) is 8.65. The van der Waals surface area contributed by atoms with Gasteiger partial charge >= 0.3 is 0 Å². The van der Waals surface area contributed by atoms with Gasteiger partial charge in [-0.15, -0.1) is 0 Å². The Labute approximate surface area is 184 Å². The number of fused-ring (bicyclic) bond motifs is 1. The van der Waals surface area contributed by atoms with Crippen LogP contribution in [0.15, 0.2) is 30.5 Å². The van der Waals surface area contributed by atoms with Crippen LogP contribution in [-0.4, -0.2) is 30.7 Å². The van der Waals surface area contributed by atoms with E-state index in [1.807, 2.05) is 6.07 Å². The molecule has 0 saturated carbocycles. The third-order valence-corrected chi connectivity index (χ3v) is 7.65. The van der Waals surface area contributed by atoms with Crippen LogP contribution in [0.2, 0.25) is 0 Å².